The van der Waals surface area contributed by atoms with Crippen LogP contribution in [0.5, 0.6) is 0 Å². The second-order valence-electron chi connectivity index (χ2n) is 5.14. The van der Waals surface area contributed by atoms with Gasteiger partial charge in [0.05, 0.1) is 5.56 Å². The molecule has 0 aromatic heterocycles. The van der Waals surface area contributed by atoms with Crippen molar-refractivity contribution >= 4 is 17.3 Å². The number of nitrogens with two attached hydrogens (primary N) is 2. The molecular formula is C14H22N4O. The Morgan fingerprint density at radius 1 is 1.37 bits per heavy atom. The highest BCUT2D eigenvalue weighted by atomic mass is 16.2. The zero-order valence-corrected chi connectivity index (χ0v) is 11.6. The van der Waals surface area contributed by atoms with Crippen LogP contribution in [0.25, 0.3) is 0 Å². The lowest BCUT2D eigenvalue weighted by Gasteiger charge is -2.39. The Labute approximate surface area is 114 Å². The topological polar surface area (TPSA) is 75.6 Å². The zero-order valence-electron chi connectivity index (χ0n) is 11.6. The van der Waals surface area contributed by atoms with Crippen molar-refractivity contribution in [3.05, 3.63) is 23.8 Å². The van der Waals surface area contributed by atoms with E-state index in [0.29, 0.717) is 23.0 Å². The van der Waals surface area contributed by atoms with Crippen LogP contribution in [0.2, 0.25) is 0 Å². The number of carbonyl (C=O) groups excluding carboxylic acids is 1. The summed E-state index contributed by atoms with van der Waals surface area (Å²) in [4.78, 5) is 16.7. The standard InChI is InChI=1S/C14H22N4O/c1-3-11-9-18(7-6-17(11)2)14(19)12-5-4-10(15)8-13(12)16/h4-5,8,11H,3,6-7,9,15-16H2,1-2H3. The first-order valence-electron chi connectivity index (χ1n) is 6.67. The quantitative estimate of drug-likeness (QED) is 0.780. The number of nitrogens with zero attached hydrogens (tertiary/aromatic N) is 2. The molecule has 0 spiro atoms. The third-order valence-corrected chi connectivity index (χ3v) is 3.84. The lowest BCUT2D eigenvalue weighted by atomic mass is 10.1. The van der Waals surface area contributed by atoms with E-state index in [9.17, 15) is 4.79 Å². The maximum Gasteiger partial charge on any atom is 0.256 e. The van der Waals surface area contributed by atoms with Crippen LogP contribution in [-0.2, 0) is 0 Å². The van der Waals surface area contributed by atoms with Crippen LogP contribution in [-0.4, -0.2) is 48.4 Å². The Morgan fingerprint density at radius 2 is 2.11 bits per heavy atom. The molecule has 1 atom stereocenters. The molecule has 1 heterocycles. The summed E-state index contributed by atoms with van der Waals surface area (Å²) in [6.07, 6.45) is 1.04. The third-order valence-electron chi connectivity index (χ3n) is 3.84. The summed E-state index contributed by atoms with van der Waals surface area (Å²) in [5.74, 6) is 0.00375. The summed E-state index contributed by atoms with van der Waals surface area (Å²) in [5, 5.41) is 0. The first kappa shape index (κ1) is 13.7. The summed E-state index contributed by atoms with van der Waals surface area (Å²) in [5.41, 5.74) is 13.1. The number of hydrogen-bond acceptors (Lipinski definition) is 4. The van der Waals surface area contributed by atoms with Crippen LogP contribution in [0.4, 0.5) is 11.4 Å². The zero-order chi connectivity index (χ0) is 14.0. The SMILES string of the molecule is CCC1CN(C(=O)c2ccc(N)cc2N)CCN1C. The summed E-state index contributed by atoms with van der Waals surface area (Å²) < 4.78 is 0. The van der Waals surface area contributed by atoms with Gasteiger partial charge in [0, 0.05) is 37.1 Å². The van der Waals surface area contributed by atoms with Gasteiger partial charge in [-0.25, -0.2) is 0 Å². The molecule has 1 aromatic rings. The van der Waals surface area contributed by atoms with Crippen molar-refractivity contribution in [2.75, 3.05) is 38.1 Å². The van der Waals surface area contributed by atoms with E-state index in [1.54, 1.807) is 18.2 Å². The first-order chi connectivity index (χ1) is 9.02. The molecule has 1 amide bonds. The maximum absolute atomic E-state index is 12.5. The van der Waals surface area contributed by atoms with Crippen molar-refractivity contribution in [2.24, 2.45) is 0 Å². The van der Waals surface area contributed by atoms with Crippen molar-refractivity contribution in [1.82, 2.24) is 9.80 Å². The van der Waals surface area contributed by atoms with E-state index in [0.717, 1.165) is 26.1 Å². The molecule has 0 radical (unpaired) electrons. The fourth-order valence-electron chi connectivity index (χ4n) is 2.52. The van der Waals surface area contributed by atoms with Crippen LogP contribution in [0.3, 0.4) is 0 Å². The van der Waals surface area contributed by atoms with Crippen molar-refractivity contribution in [2.45, 2.75) is 19.4 Å². The molecule has 1 fully saturated rings. The summed E-state index contributed by atoms with van der Waals surface area (Å²) in [6, 6.07) is 5.50. The summed E-state index contributed by atoms with van der Waals surface area (Å²) in [6.45, 7) is 4.55. The van der Waals surface area contributed by atoms with E-state index in [4.69, 9.17) is 11.5 Å². The fourth-order valence-corrected chi connectivity index (χ4v) is 2.52. The third kappa shape index (κ3) is 2.81. The first-order valence-corrected chi connectivity index (χ1v) is 6.67. The lowest BCUT2D eigenvalue weighted by molar-refractivity contribution is 0.0543. The number of nitrogen functional groups attached to an aromatic ring is 2. The predicted octanol–water partition coefficient (Wildman–Crippen LogP) is 1.02. The minimum Gasteiger partial charge on any atom is -0.399 e. The number of likely N-dealkylation sites (N-methyl/N-ethyl adjacent to an activating group) is 1. The second kappa shape index (κ2) is 5.48. The molecule has 5 nitrogen and oxygen atoms in total. The average molecular weight is 262 g/mol. The van der Waals surface area contributed by atoms with Crippen LogP contribution < -0.4 is 11.5 Å². The number of hydrogen-bond donors (Lipinski definition) is 2. The van der Waals surface area contributed by atoms with E-state index in [1.807, 2.05) is 4.90 Å². The monoisotopic (exact) mass is 262 g/mol. The highest BCUT2D eigenvalue weighted by Gasteiger charge is 2.27. The van der Waals surface area contributed by atoms with Crippen molar-refractivity contribution in [1.29, 1.82) is 0 Å². The summed E-state index contributed by atoms with van der Waals surface area (Å²) in [7, 11) is 2.10. The second-order valence-corrected chi connectivity index (χ2v) is 5.14. The molecular weight excluding hydrogens is 240 g/mol. The lowest BCUT2D eigenvalue weighted by Crippen LogP contribution is -2.53. The van der Waals surface area contributed by atoms with E-state index in [2.05, 4.69) is 18.9 Å². The highest BCUT2D eigenvalue weighted by Crippen LogP contribution is 2.20. The van der Waals surface area contributed by atoms with Gasteiger partial charge in [0.1, 0.15) is 0 Å². The smallest absolute Gasteiger partial charge is 0.256 e. The van der Waals surface area contributed by atoms with Crippen molar-refractivity contribution in [3.8, 4) is 0 Å². The van der Waals surface area contributed by atoms with E-state index < -0.39 is 0 Å². The van der Waals surface area contributed by atoms with Gasteiger partial charge in [0.2, 0.25) is 0 Å². The molecule has 0 bridgehead atoms. The number of amides is 1. The van der Waals surface area contributed by atoms with Crippen LogP contribution in [0.15, 0.2) is 18.2 Å². The molecule has 104 valence electrons. The molecule has 5 heteroatoms. The Morgan fingerprint density at radius 3 is 2.74 bits per heavy atom. The van der Waals surface area contributed by atoms with Gasteiger partial charge in [-0.2, -0.15) is 0 Å². The van der Waals surface area contributed by atoms with E-state index in [-0.39, 0.29) is 5.91 Å². The maximum atomic E-state index is 12.5. The van der Waals surface area contributed by atoms with Gasteiger partial charge in [-0.1, -0.05) is 6.92 Å². The molecule has 1 aliphatic rings. The van der Waals surface area contributed by atoms with Gasteiger partial charge in [0.25, 0.3) is 5.91 Å². The molecule has 0 aliphatic carbocycles. The van der Waals surface area contributed by atoms with Gasteiger partial charge < -0.3 is 16.4 Å². The van der Waals surface area contributed by atoms with Gasteiger partial charge in [-0.15, -0.1) is 0 Å². The fraction of sp³-hybridized carbons (Fsp3) is 0.500. The van der Waals surface area contributed by atoms with E-state index >= 15 is 0 Å². The summed E-state index contributed by atoms with van der Waals surface area (Å²) >= 11 is 0. The number of rotatable bonds is 2. The number of piperazine rings is 1. The number of carbonyl (C=O) groups is 1. The average Bonchev–Trinajstić information content (AvgIpc) is 2.38. The van der Waals surface area contributed by atoms with Gasteiger partial charge in [0.15, 0.2) is 0 Å². The van der Waals surface area contributed by atoms with Gasteiger partial charge >= 0.3 is 0 Å². The largest absolute Gasteiger partial charge is 0.399 e. The molecule has 1 aromatic carbocycles. The molecule has 1 saturated heterocycles. The van der Waals surface area contributed by atoms with Gasteiger partial charge in [-0.3, -0.25) is 9.69 Å². The van der Waals surface area contributed by atoms with Crippen molar-refractivity contribution < 1.29 is 4.79 Å². The predicted molar refractivity (Wildman–Crippen MR) is 77.9 cm³/mol. The molecule has 0 saturated carbocycles. The van der Waals surface area contributed by atoms with Crippen molar-refractivity contribution in [3.63, 3.8) is 0 Å². The number of anilines is 2. The number of benzene rings is 1. The Kier molecular flexibility index (Phi) is 3.95. The Bertz CT molecular complexity index is 475. The Balaban J connectivity index is 2.15. The highest BCUT2D eigenvalue weighted by molar-refractivity contribution is 5.99. The van der Waals surface area contributed by atoms with Gasteiger partial charge in [-0.05, 0) is 31.7 Å². The van der Waals surface area contributed by atoms with Crippen LogP contribution in [0.1, 0.15) is 23.7 Å². The Hall–Kier alpha value is -1.75. The molecule has 2 rings (SSSR count). The normalized spacial score (nSPS) is 20.5. The molecule has 4 N–H and O–H groups in total. The van der Waals surface area contributed by atoms with E-state index in [1.165, 1.54) is 0 Å². The minimum absolute atomic E-state index is 0.00375. The molecule has 1 aliphatic heterocycles. The molecule has 1 unspecified atom stereocenters. The minimum atomic E-state index is 0.00375. The van der Waals surface area contributed by atoms with Crippen LogP contribution >= 0.6 is 0 Å². The molecule has 19 heavy (non-hydrogen) atoms. The van der Waals surface area contributed by atoms with Crippen LogP contribution in [0, 0.1) is 0 Å².